The molecule has 3 N–H and O–H groups in total. The summed E-state index contributed by atoms with van der Waals surface area (Å²) < 4.78 is 7.10. The Labute approximate surface area is 131 Å². The van der Waals surface area contributed by atoms with Gasteiger partial charge in [-0.1, -0.05) is 12.1 Å². The van der Waals surface area contributed by atoms with E-state index in [2.05, 4.69) is 5.43 Å². The zero-order valence-electron chi connectivity index (χ0n) is 11.9. The Morgan fingerprint density at radius 3 is 2.50 bits per heavy atom. The van der Waals surface area contributed by atoms with Crippen LogP contribution in [-0.4, -0.2) is 17.6 Å². The number of nitrogens with one attached hydrogen (secondary N) is 1. The van der Waals surface area contributed by atoms with Gasteiger partial charge in [-0.2, -0.15) is 0 Å². The summed E-state index contributed by atoms with van der Waals surface area (Å²) in [6.07, 6.45) is 3.81. The topological polar surface area (TPSA) is 69.3 Å². The third kappa shape index (κ3) is 2.49. The van der Waals surface area contributed by atoms with Crippen LogP contribution in [0.4, 0.5) is 0 Å². The number of rotatable bonds is 4. The molecule has 0 aliphatic rings. The number of methoxy groups -OCH3 is 1. The summed E-state index contributed by atoms with van der Waals surface area (Å²) in [5.41, 5.74) is 5.01. The fourth-order valence-corrected chi connectivity index (χ4v) is 3.27. The van der Waals surface area contributed by atoms with Gasteiger partial charge in [0, 0.05) is 23.3 Å². The van der Waals surface area contributed by atoms with E-state index in [0.29, 0.717) is 4.88 Å². The second kappa shape index (κ2) is 6.05. The van der Waals surface area contributed by atoms with Crippen molar-refractivity contribution < 1.29 is 9.53 Å². The maximum atomic E-state index is 12.0. The fraction of sp³-hybridized carbons (Fsp3) is 0.0625. The van der Waals surface area contributed by atoms with Crippen LogP contribution in [0.25, 0.3) is 16.8 Å². The highest BCUT2D eigenvalue weighted by Gasteiger charge is 2.19. The smallest absolute Gasteiger partial charge is 0.277 e. The van der Waals surface area contributed by atoms with Crippen LogP contribution >= 0.6 is 11.3 Å². The van der Waals surface area contributed by atoms with Gasteiger partial charge in [-0.05, 0) is 29.8 Å². The molecule has 2 heterocycles. The number of hydrazine groups is 1. The summed E-state index contributed by atoms with van der Waals surface area (Å²) >= 11 is 1.37. The van der Waals surface area contributed by atoms with Crippen molar-refractivity contribution in [3.63, 3.8) is 0 Å². The van der Waals surface area contributed by atoms with Crippen LogP contribution in [-0.2, 0) is 0 Å². The lowest BCUT2D eigenvalue weighted by Gasteiger charge is -2.09. The Kier molecular flexibility index (Phi) is 3.95. The molecule has 0 saturated carbocycles. The molecule has 1 aromatic carbocycles. The summed E-state index contributed by atoms with van der Waals surface area (Å²) in [4.78, 5) is 12.6. The van der Waals surface area contributed by atoms with E-state index >= 15 is 0 Å². The van der Waals surface area contributed by atoms with E-state index in [4.69, 9.17) is 10.6 Å². The van der Waals surface area contributed by atoms with Crippen LogP contribution < -0.4 is 16.0 Å². The third-order valence-electron chi connectivity index (χ3n) is 3.37. The van der Waals surface area contributed by atoms with Crippen molar-refractivity contribution in [2.24, 2.45) is 5.84 Å². The van der Waals surface area contributed by atoms with Crippen molar-refractivity contribution in [2.75, 3.05) is 7.11 Å². The minimum absolute atomic E-state index is 0.298. The number of ether oxygens (including phenoxy) is 1. The lowest BCUT2D eigenvalue weighted by atomic mass is 10.1. The van der Waals surface area contributed by atoms with Crippen LogP contribution in [0.5, 0.6) is 5.75 Å². The summed E-state index contributed by atoms with van der Waals surface area (Å²) in [6.45, 7) is 0. The first-order valence-electron chi connectivity index (χ1n) is 6.65. The maximum absolute atomic E-state index is 12.0. The molecule has 0 radical (unpaired) electrons. The second-order valence-electron chi connectivity index (χ2n) is 4.62. The van der Waals surface area contributed by atoms with E-state index in [9.17, 15) is 4.79 Å². The average Bonchev–Trinajstić information content (AvgIpc) is 3.23. The SMILES string of the molecule is COc1ccc(-c2csc(C(=O)NN)c2-n2cccc2)cc1. The number of hydrogen-bond acceptors (Lipinski definition) is 4. The number of carbonyl (C=O) groups excluding carboxylic acids is 1. The summed E-state index contributed by atoms with van der Waals surface area (Å²) in [7, 11) is 1.63. The number of carbonyl (C=O) groups is 1. The first-order chi connectivity index (χ1) is 10.7. The van der Waals surface area contributed by atoms with Gasteiger partial charge in [0.2, 0.25) is 0 Å². The normalized spacial score (nSPS) is 10.5. The highest BCUT2D eigenvalue weighted by molar-refractivity contribution is 7.13. The summed E-state index contributed by atoms with van der Waals surface area (Å²) in [5.74, 6) is 5.79. The van der Waals surface area contributed by atoms with Crippen molar-refractivity contribution in [3.05, 3.63) is 59.0 Å². The number of benzene rings is 1. The zero-order valence-corrected chi connectivity index (χ0v) is 12.8. The third-order valence-corrected chi connectivity index (χ3v) is 4.33. The van der Waals surface area contributed by atoms with Crippen LogP contribution in [0.15, 0.2) is 54.2 Å². The molecule has 1 amide bonds. The molecule has 0 unspecified atom stereocenters. The van der Waals surface area contributed by atoms with Gasteiger partial charge in [-0.15, -0.1) is 11.3 Å². The molecule has 0 aliphatic carbocycles. The molecular formula is C16H15N3O2S. The van der Waals surface area contributed by atoms with Gasteiger partial charge in [-0.3, -0.25) is 10.2 Å². The van der Waals surface area contributed by atoms with Crippen LogP contribution in [0.3, 0.4) is 0 Å². The van der Waals surface area contributed by atoms with Gasteiger partial charge >= 0.3 is 0 Å². The standard InChI is InChI=1S/C16H15N3O2S/c1-21-12-6-4-11(5-7-12)13-10-22-15(16(20)18-17)14(13)19-8-2-3-9-19/h2-10H,17H2,1H3,(H,18,20). The number of thiophene rings is 1. The maximum Gasteiger partial charge on any atom is 0.277 e. The quantitative estimate of drug-likeness (QED) is 0.442. The van der Waals surface area contributed by atoms with E-state index in [1.807, 2.05) is 58.7 Å². The predicted molar refractivity (Wildman–Crippen MR) is 87.3 cm³/mol. The largest absolute Gasteiger partial charge is 0.497 e. The second-order valence-corrected chi connectivity index (χ2v) is 5.50. The molecule has 3 aromatic rings. The molecule has 0 bridgehead atoms. The first-order valence-corrected chi connectivity index (χ1v) is 7.52. The molecule has 0 saturated heterocycles. The Hall–Kier alpha value is -2.57. The first kappa shape index (κ1) is 14.4. The number of nitrogen functional groups attached to an aromatic ring is 1. The van der Waals surface area contributed by atoms with E-state index in [0.717, 1.165) is 22.6 Å². The minimum atomic E-state index is -0.298. The monoisotopic (exact) mass is 313 g/mol. The fourth-order valence-electron chi connectivity index (χ4n) is 2.29. The molecular weight excluding hydrogens is 298 g/mol. The van der Waals surface area contributed by atoms with E-state index in [1.54, 1.807) is 7.11 Å². The Morgan fingerprint density at radius 1 is 1.23 bits per heavy atom. The molecule has 0 spiro atoms. The van der Waals surface area contributed by atoms with E-state index in [-0.39, 0.29) is 5.91 Å². The molecule has 2 aromatic heterocycles. The van der Waals surface area contributed by atoms with Crippen molar-refractivity contribution in [3.8, 4) is 22.6 Å². The van der Waals surface area contributed by atoms with E-state index in [1.165, 1.54) is 11.3 Å². The van der Waals surface area contributed by atoms with Crippen molar-refractivity contribution in [1.82, 2.24) is 9.99 Å². The number of aromatic nitrogens is 1. The van der Waals surface area contributed by atoms with Crippen LogP contribution in [0, 0.1) is 0 Å². The Bertz CT molecular complexity index is 776. The average molecular weight is 313 g/mol. The number of nitrogens with zero attached hydrogens (tertiary/aromatic N) is 1. The molecule has 3 rings (SSSR count). The van der Waals surface area contributed by atoms with Gasteiger partial charge in [0.15, 0.2) is 0 Å². The van der Waals surface area contributed by atoms with Gasteiger partial charge in [0.25, 0.3) is 5.91 Å². The number of amides is 1. The minimum Gasteiger partial charge on any atom is -0.497 e. The molecule has 0 fully saturated rings. The highest BCUT2D eigenvalue weighted by Crippen LogP contribution is 2.35. The van der Waals surface area contributed by atoms with Gasteiger partial charge in [0.05, 0.1) is 12.8 Å². The molecule has 0 aliphatic heterocycles. The van der Waals surface area contributed by atoms with Gasteiger partial charge in [-0.25, -0.2) is 5.84 Å². The predicted octanol–water partition coefficient (Wildman–Crippen LogP) is 2.82. The highest BCUT2D eigenvalue weighted by atomic mass is 32.1. The molecule has 112 valence electrons. The lowest BCUT2D eigenvalue weighted by Crippen LogP contribution is -2.30. The molecule has 22 heavy (non-hydrogen) atoms. The van der Waals surface area contributed by atoms with Crippen molar-refractivity contribution in [1.29, 1.82) is 0 Å². The molecule has 5 nitrogen and oxygen atoms in total. The summed E-state index contributed by atoms with van der Waals surface area (Å²) in [6, 6.07) is 11.6. The Balaban J connectivity index is 2.15. The van der Waals surface area contributed by atoms with Gasteiger partial charge in [0.1, 0.15) is 10.6 Å². The Morgan fingerprint density at radius 2 is 1.91 bits per heavy atom. The van der Waals surface area contributed by atoms with Crippen molar-refractivity contribution >= 4 is 17.2 Å². The zero-order chi connectivity index (χ0) is 15.5. The van der Waals surface area contributed by atoms with Crippen LogP contribution in [0.1, 0.15) is 9.67 Å². The van der Waals surface area contributed by atoms with Crippen LogP contribution in [0.2, 0.25) is 0 Å². The van der Waals surface area contributed by atoms with Gasteiger partial charge < -0.3 is 9.30 Å². The molecule has 6 heteroatoms. The summed E-state index contributed by atoms with van der Waals surface area (Å²) in [5, 5.41) is 1.96. The van der Waals surface area contributed by atoms with E-state index < -0.39 is 0 Å². The number of nitrogens with two attached hydrogens (primary N) is 1. The lowest BCUT2D eigenvalue weighted by molar-refractivity contribution is 0.0957. The molecule has 0 atom stereocenters. The van der Waals surface area contributed by atoms with Crippen molar-refractivity contribution in [2.45, 2.75) is 0 Å². The number of hydrogen-bond donors (Lipinski definition) is 2.